The summed E-state index contributed by atoms with van der Waals surface area (Å²) in [6.45, 7) is 3.60. The van der Waals surface area contributed by atoms with E-state index in [-0.39, 0.29) is 5.56 Å². The lowest BCUT2D eigenvalue weighted by Gasteiger charge is -2.23. The molecule has 7 heteroatoms. The van der Waals surface area contributed by atoms with Gasteiger partial charge in [-0.1, -0.05) is 36.4 Å². The van der Waals surface area contributed by atoms with Crippen molar-refractivity contribution in [2.75, 3.05) is 7.05 Å². The van der Waals surface area contributed by atoms with Crippen LogP contribution in [0.5, 0.6) is 28.7 Å². The van der Waals surface area contributed by atoms with Crippen LogP contribution in [0.1, 0.15) is 17.2 Å². The van der Waals surface area contributed by atoms with Gasteiger partial charge < -0.3 is 30.8 Å². The van der Waals surface area contributed by atoms with Crippen LogP contribution in [0.25, 0.3) is 10.8 Å². The first kappa shape index (κ1) is 17.4. The molecule has 0 spiro atoms. The van der Waals surface area contributed by atoms with Crippen LogP contribution in [-0.2, 0) is 0 Å². The van der Waals surface area contributed by atoms with E-state index in [4.69, 9.17) is 0 Å². The lowest BCUT2D eigenvalue weighted by Crippen LogP contribution is -2.18. The second kappa shape index (κ2) is 6.45. The zero-order chi connectivity index (χ0) is 19.0. The minimum Gasteiger partial charge on any atom is -0.504 e. The van der Waals surface area contributed by atoms with Crippen molar-refractivity contribution in [3.8, 4) is 28.7 Å². The molecule has 0 bridgehead atoms. The van der Waals surface area contributed by atoms with Crippen molar-refractivity contribution in [3.05, 3.63) is 47.5 Å². The van der Waals surface area contributed by atoms with Crippen molar-refractivity contribution >= 4 is 23.2 Å². The molecule has 0 saturated heterocycles. The molecule has 0 saturated carbocycles. The van der Waals surface area contributed by atoms with E-state index in [9.17, 15) is 25.5 Å². The van der Waals surface area contributed by atoms with Gasteiger partial charge in [0, 0.05) is 10.9 Å². The topological polar surface area (TPSA) is 126 Å². The van der Waals surface area contributed by atoms with Gasteiger partial charge in [0.15, 0.2) is 11.5 Å². The maximum atomic E-state index is 10.3. The molecule has 7 nitrogen and oxygen atoms in total. The lowest BCUT2D eigenvalue weighted by molar-refractivity contribution is 0.321. The third-order valence-corrected chi connectivity index (χ3v) is 4.39. The summed E-state index contributed by atoms with van der Waals surface area (Å²) in [6.07, 6.45) is 0. The van der Waals surface area contributed by atoms with Gasteiger partial charge in [-0.05, 0) is 19.2 Å². The monoisotopic (exact) mass is 354 g/mol. The van der Waals surface area contributed by atoms with Crippen LogP contribution in [0.15, 0.2) is 41.4 Å². The van der Waals surface area contributed by atoms with E-state index in [1.807, 2.05) is 30.3 Å². The summed E-state index contributed by atoms with van der Waals surface area (Å²) < 4.78 is 0. The van der Waals surface area contributed by atoms with Crippen LogP contribution >= 0.6 is 0 Å². The number of hydrogen-bond acceptors (Lipinski definition) is 7. The molecule has 0 heterocycles. The molecule has 3 aromatic rings. The van der Waals surface area contributed by atoms with E-state index in [2.05, 4.69) is 17.0 Å². The summed E-state index contributed by atoms with van der Waals surface area (Å²) in [5.41, 5.74) is 0.880. The maximum absolute atomic E-state index is 10.3. The molecule has 1 unspecified atom stereocenters. The molecule has 6 N–H and O–H groups in total. The average Bonchev–Trinajstić information content (AvgIpc) is 2.67. The normalized spacial score (nSPS) is 12.2. The number of benzene rings is 3. The molecule has 26 heavy (non-hydrogen) atoms. The first-order valence-corrected chi connectivity index (χ1v) is 7.76. The van der Waals surface area contributed by atoms with Gasteiger partial charge in [0.1, 0.15) is 0 Å². The zero-order valence-corrected chi connectivity index (χ0v) is 13.9. The van der Waals surface area contributed by atoms with E-state index in [0.717, 1.165) is 10.8 Å². The quantitative estimate of drug-likeness (QED) is 0.243. The molecule has 0 amide bonds. The number of phenols is 5. The molecular formula is C19H18N2O5. The highest BCUT2D eigenvalue weighted by Gasteiger charge is 2.30. The maximum Gasteiger partial charge on any atom is 0.208 e. The Bertz CT molecular complexity index is 987. The zero-order valence-electron chi connectivity index (χ0n) is 13.9. The molecule has 0 aliphatic rings. The molecule has 0 aliphatic carbocycles. The van der Waals surface area contributed by atoms with Crippen LogP contribution in [-0.4, -0.2) is 39.3 Å². The number of rotatable bonds is 4. The van der Waals surface area contributed by atoms with E-state index in [1.54, 1.807) is 13.1 Å². The minimum atomic E-state index is -1.00. The number of hydrogen-bond donors (Lipinski definition) is 6. The largest absolute Gasteiger partial charge is 0.504 e. The number of nitrogens with zero attached hydrogens (tertiary/aromatic N) is 1. The Morgan fingerprint density at radius 3 is 2.00 bits per heavy atom. The van der Waals surface area contributed by atoms with E-state index < -0.39 is 34.8 Å². The van der Waals surface area contributed by atoms with Gasteiger partial charge in [-0.3, -0.25) is 4.99 Å². The highest BCUT2D eigenvalue weighted by molar-refractivity contribution is 5.95. The van der Waals surface area contributed by atoms with Crippen LogP contribution in [0.2, 0.25) is 0 Å². The van der Waals surface area contributed by atoms with Gasteiger partial charge in [-0.15, -0.1) is 0 Å². The predicted molar refractivity (Wildman–Crippen MR) is 98.8 cm³/mol. The number of fused-ring (bicyclic) bond motifs is 1. The summed E-state index contributed by atoms with van der Waals surface area (Å²) in [5.74, 6) is -4.35. The van der Waals surface area contributed by atoms with Crippen molar-refractivity contribution in [1.82, 2.24) is 5.32 Å². The number of nitrogens with one attached hydrogen (secondary N) is 1. The van der Waals surface area contributed by atoms with Crippen LogP contribution in [0.4, 0.5) is 5.69 Å². The van der Waals surface area contributed by atoms with E-state index in [0.29, 0.717) is 11.3 Å². The van der Waals surface area contributed by atoms with Crippen LogP contribution in [0.3, 0.4) is 0 Å². The van der Waals surface area contributed by atoms with E-state index in [1.165, 1.54) is 0 Å². The molecule has 0 aliphatic heterocycles. The van der Waals surface area contributed by atoms with E-state index >= 15 is 0 Å². The summed E-state index contributed by atoms with van der Waals surface area (Å²) in [7, 11) is 1.58. The van der Waals surface area contributed by atoms with Gasteiger partial charge in [-0.2, -0.15) is 0 Å². The predicted octanol–water partition coefficient (Wildman–Crippen LogP) is 3.01. The van der Waals surface area contributed by atoms with Gasteiger partial charge in [0.2, 0.25) is 17.2 Å². The first-order valence-electron chi connectivity index (χ1n) is 7.76. The Morgan fingerprint density at radius 2 is 1.42 bits per heavy atom. The van der Waals surface area contributed by atoms with Crippen molar-refractivity contribution in [2.24, 2.45) is 4.99 Å². The number of phenolic OH excluding ortho intramolecular Hbond substituents is 5. The number of aliphatic imine (C=N–C) groups is 1. The molecular weight excluding hydrogens is 336 g/mol. The van der Waals surface area contributed by atoms with Crippen molar-refractivity contribution in [3.63, 3.8) is 0 Å². The van der Waals surface area contributed by atoms with Gasteiger partial charge in [-0.25, -0.2) is 0 Å². The molecule has 1 atom stereocenters. The summed E-state index contributed by atoms with van der Waals surface area (Å²) >= 11 is 0. The fraction of sp³-hybridized carbons (Fsp3) is 0.105. The Hall–Kier alpha value is -3.45. The first-order chi connectivity index (χ1) is 12.4. The molecule has 0 radical (unpaired) electrons. The molecule has 0 aromatic heterocycles. The minimum absolute atomic E-state index is 0.194. The molecule has 134 valence electrons. The third-order valence-electron chi connectivity index (χ3n) is 4.39. The standard InChI is InChI=1S/C19H18N2O5/c1-20-13-10-6-4-3-5-9(10)7-8-11(13)14(21-2)12-15(22)17(24)19(26)18(25)16(12)23/h3-8,14,21-26H,1H2,2H3. The van der Waals surface area contributed by atoms with Crippen molar-refractivity contribution in [2.45, 2.75) is 6.04 Å². The Kier molecular flexibility index (Phi) is 4.31. The second-order valence-electron chi connectivity index (χ2n) is 5.76. The smallest absolute Gasteiger partial charge is 0.208 e. The van der Waals surface area contributed by atoms with Crippen LogP contribution < -0.4 is 5.32 Å². The average molecular weight is 354 g/mol. The summed E-state index contributed by atoms with van der Waals surface area (Å²) in [5, 5.41) is 54.5. The lowest BCUT2D eigenvalue weighted by atomic mass is 9.92. The SMILES string of the molecule is C=Nc1c(C(NC)c2c(O)c(O)c(O)c(O)c2O)ccc2ccccc12. The second-order valence-corrected chi connectivity index (χ2v) is 5.76. The Balaban J connectivity index is 2.33. The van der Waals surface area contributed by atoms with Crippen LogP contribution in [0, 0.1) is 0 Å². The van der Waals surface area contributed by atoms with Crippen molar-refractivity contribution in [1.29, 1.82) is 0 Å². The summed E-state index contributed by atoms with van der Waals surface area (Å²) in [6, 6.07) is 10.2. The fourth-order valence-corrected chi connectivity index (χ4v) is 3.11. The Morgan fingerprint density at radius 1 is 0.846 bits per heavy atom. The Labute approximate surface area is 149 Å². The highest BCUT2D eigenvalue weighted by atomic mass is 16.4. The molecule has 0 fully saturated rings. The van der Waals surface area contributed by atoms with Gasteiger partial charge in [0.25, 0.3) is 0 Å². The molecule has 3 aromatic carbocycles. The fourth-order valence-electron chi connectivity index (χ4n) is 3.11. The van der Waals surface area contributed by atoms with Gasteiger partial charge >= 0.3 is 0 Å². The molecule has 3 rings (SSSR count). The highest BCUT2D eigenvalue weighted by Crippen LogP contribution is 2.54. The summed E-state index contributed by atoms with van der Waals surface area (Å²) in [4.78, 5) is 4.09. The van der Waals surface area contributed by atoms with Gasteiger partial charge in [0.05, 0.1) is 17.3 Å². The number of aromatic hydroxyl groups is 5. The third kappa shape index (κ3) is 2.46. The van der Waals surface area contributed by atoms with Crippen molar-refractivity contribution < 1.29 is 25.5 Å².